The molecule has 1 heterocycles. The highest BCUT2D eigenvalue weighted by atomic mass is 35.5. The molecule has 1 amide bonds. The van der Waals surface area contributed by atoms with Crippen LogP contribution in [0.15, 0.2) is 53.4 Å². The summed E-state index contributed by atoms with van der Waals surface area (Å²) in [7, 11) is -4.40. The summed E-state index contributed by atoms with van der Waals surface area (Å²) in [5.74, 6) is -3.62. The molecule has 7 nitrogen and oxygen atoms in total. The second kappa shape index (κ2) is 11.0. The molecule has 1 aliphatic rings. The third-order valence-electron chi connectivity index (χ3n) is 5.82. The quantitative estimate of drug-likeness (QED) is 0.535. The van der Waals surface area contributed by atoms with Crippen LogP contribution in [0.5, 0.6) is 0 Å². The van der Waals surface area contributed by atoms with Crippen LogP contribution >= 0.6 is 11.6 Å². The highest BCUT2D eigenvalue weighted by molar-refractivity contribution is 7.89. The molecule has 3 rings (SSSR count). The summed E-state index contributed by atoms with van der Waals surface area (Å²) in [6.45, 7) is -0.570. The first-order valence-electron chi connectivity index (χ1n) is 10.8. The zero-order valence-corrected chi connectivity index (χ0v) is 20.0. The first kappa shape index (κ1) is 27.0. The van der Waals surface area contributed by atoms with Gasteiger partial charge in [-0.05, 0) is 54.7 Å². The predicted octanol–water partition coefficient (Wildman–Crippen LogP) is 4.01. The fraction of sp³-hybridized carbons (Fsp3) is 0.391. The topological polar surface area (TPSA) is 104 Å². The third-order valence-corrected chi connectivity index (χ3v) is 7.94. The number of nitrogens with one attached hydrogen (secondary N) is 1. The highest BCUT2D eigenvalue weighted by Gasteiger charge is 2.46. The average molecular weight is 533 g/mol. The van der Waals surface area contributed by atoms with Crippen LogP contribution in [0.4, 0.5) is 13.2 Å². The van der Waals surface area contributed by atoms with Crippen molar-refractivity contribution in [2.45, 2.75) is 49.3 Å². The van der Waals surface area contributed by atoms with Gasteiger partial charge in [-0.1, -0.05) is 35.9 Å². The highest BCUT2D eigenvalue weighted by Crippen LogP contribution is 2.36. The summed E-state index contributed by atoms with van der Waals surface area (Å²) >= 11 is 5.86. The molecule has 2 atom stereocenters. The van der Waals surface area contributed by atoms with Crippen LogP contribution in [-0.4, -0.2) is 48.5 Å². The number of sulfonamides is 1. The van der Waals surface area contributed by atoms with E-state index in [2.05, 4.69) is 5.32 Å². The van der Waals surface area contributed by atoms with Gasteiger partial charge in [-0.25, -0.2) is 8.42 Å². The maximum Gasteiger partial charge on any atom is 0.391 e. The molecular weight excluding hydrogens is 509 g/mol. The Morgan fingerprint density at radius 1 is 1.09 bits per heavy atom. The number of carboxylic acids is 1. The Morgan fingerprint density at radius 3 is 2.26 bits per heavy atom. The van der Waals surface area contributed by atoms with Crippen LogP contribution in [0.2, 0.25) is 5.02 Å². The van der Waals surface area contributed by atoms with E-state index >= 15 is 0 Å². The standard InChI is InChI=1S/C23H24ClF3N2O5S/c24-18-6-8-19(9-7-18)35(33,34)29(14-16-3-1-15(2-4-16)5-10-21(30)31)20-13-17(23(25,26)27)11-12-28-22(20)32/h1-4,6-9,17,20H,5,10-14H2,(H,28,32)(H,30,31). The van der Waals surface area contributed by atoms with Gasteiger partial charge in [0, 0.05) is 24.5 Å². The van der Waals surface area contributed by atoms with Crippen molar-refractivity contribution in [3.05, 3.63) is 64.7 Å². The van der Waals surface area contributed by atoms with E-state index in [0.717, 1.165) is 4.31 Å². The average Bonchev–Trinajstić information content (AvgIpc) is 2.98. The Morgan fingerprint density at radius 2 is 1.69 bits per heavy atom. The van der Waals surface area contributed by atoms with E-state index in [1.54, 1.807) is 24.3 Å². The Bertz CT molecular complexity index is 1160. The van der Waals surface area contributed by atoms with Crippen LogP contribution in [-0.2, 0) is 32.6 Å². The SMILES string of the molecule is O=C(O)CCc1ccc(CN(C2CC(C(F)(F)F)CCNC2=O)S(=O)(=O)c2ccc(Cl)cc2)cc1. The minimum Gasteiger partial charge on any atom is -0.481 e. The lowest BCUT2D eigenvalue weighted by Crippen LogP contribution is -2.49. The molecule has 0 aromatic heterocycles. The normalized spacial score (nSPS) is 19.3. The van der Waals surface area contributed by atoms with Crippen molar-refractivity contribution in [1.82, 2.24) is 9.62 Å². The van der Waals surface area contributed by atoms with Crippen LogP contribution in [0.3, 0.4) is 0 Å². The Balaban J connectivity index is 1.99. The molecule has 12 heteroatoms. The largest absolute Gasteiger partial charge is 0.481 e. The zero-order chi connectivity index (χ0) is 25.8. The number of halogens is 4. The molecule has 0 spiro atoms. The van der Waals surface area contributed by atoms with Gasteiger partial charge in [0.2, 0.25) is 15.9 Å². The first-order valence-corrected chi connectivity index (χ1v) is 12.6. The molecule has 0 saturated carbocycles. The zero-order valence-electron chi connectivity index (χ0n) is 18.5. The van der Waals surface area contributed by atoms with Crippen molar-refractivity contribution < 1.29 is 36.3 Å². The van der Waals surface area contributed by atoms with Crippen molar-refractivity contribution in [2.24, 2.45) is 5.92 Å². The minimum atomic E-state index is -4.59. The molecular formula is C23H24ClF3N2O5S. The number of carboxylic acid groups (broad SMARTS) is 1. The van der Waals surface area contributed by atoms with Gasteiger partial charge in [-0.15, -0.1) is 0 Å². The van der Waals surface area contributed by atoms with E-state index in [-0.39, 0.29) is 42.3 Å². The lowest BCUT2D eigenvalue weighted by Gasteiger charge is -2.31. The summed E-state index contributed by atoms with van der Waals surface area (Å²) in [5.41, 5.74) is 1.13. The lowest BCUT2D eigenvalue weighted by atomic mass is 9.97. The number of hydrogen-bond acceptors (Lipinski definition) is 4. The smallest absolute Gasteiger partial charge is 0.391 e. The number of carbonyl (C=O) groups is 2. The van der Waals surface area contributed by atoms with E-state index in [9.17, 15) is 31.2 Å². The molecule has 2 N–H and O–H groups in total. The molecule has 2 unspecified atom stereocenters. The number of hydrogen-bond donors (Lipinski definition) is 2. The van der Waals surface area contributed by atoms with E-state index in [1.807, 2.05) is 0 Å². The fourth-order valence-electron chi connectivity index (χ4n) is 3.87. The van der Waals surface area contributed by atoms with Crippen molar-refractivity contribution in [3.63, 3.8) is 0 Å². The maximum absolute atomic E-state index is 13.6. The molecule has 0 radical (unpaired) electrons. The maximum atomic E-state index is 13.6. The number of alkyl halides is 3. The summed E-state index contributed by atoms with van der Waals surface area (Å²) in [5, 5.41) is 11.5. The van der Waals surface area contributed by atoms with E-state index in [1.165, 1.54) is 24.3 Å². The molecule has 0 bridgehead atoms. The lowest BCUT2D eigenvalue weighted by molar-refractivity contribution is -0.179. The van der Waals surface area contributed by atoms with Crippen LogP contribution in [0.1, 0.15) is 30.4 Å². The van der Waals surface area contributed by atoms with Gasteiger partial charge in [0.1, 0.15) is 6.04 Å². The van der Waals surface area contributed by atoms with Crippen molar-refractivity contribution in [1.29, 1.82) is 0 Å². The fourth-order valence-corrected chi connectivity index (χ4v) is 5.59. The summed E-state index contributed by atoms with van der Waals surface area (Å²) < 4.78 is 68.7. The van der Waals surface area contributed by atoms with Crippen LogP contribution in [0.25, 0.3) is 0 Å². The molecule has 2 aromatic carbocycles. The van der Waals surface area contributed by atoms with Crippen LogP contribution in [0, 0.1) is 5.92 Å². The Hall–Kier alpha value is -2.63. The molecule has 190 valence electrons. The number of rotatable bonds is 8. The molecule has 1 fully saturated rings. The number of carbonyl (C=O) groups excluding carboxylic acids is 1. The van der Waals surface area contributed by atoms with Gasteiger partial charge in [0.15, 0.2) is 0 Å². The van der Waals surface area contributed by atoms with E-state index < -0.39 is 46.5 Å². The first-order chi connectivity index (χ1) is 16.4. The minimum absolute atomic E-state index is 0.0858. The monoisotopic (exact) mass is 532 g/mol. The van der Waals surface area contributed by atoms with E-state index in [0.29, 0.717) is 11.1 Å². The predicted molar refractivity (Wildman–Crippen MR) is 122 cm³/mol. The molecule has 35 heavy (non-hydrogen) atoms. The summed E-state index contributed by atoms with van der Waals surface area (Å²) in [6, 6.07) is 9.94. The summed E-state index contributed by atoms with van der Waals surface area (Å²) in [4.78, 5) is 23.4. The number of benzene rings is 2. The van der Waals surface area contributed by atoms with Gasteiger partial charge < -0.3 is 10.4 Å². The van der Waals surface area contributed by atoms with Crippen LogP contribution < -0.4 is 5.32 Å². The second-order valence-corrected chi connectivity index (χ2v) is 10.6. The van der Waals surface area contributed by atoms with Gasteiger partial charge in [-0.3, -0.25) is 9.59 Å². The van der Waals surface area contributed by atoms with Crippen molar-refractivity contribution in [2.75, 3.05) is 6.54 Å². The number of aryl methyl sites for hydroxylation is 1. The number of amides is 1. The van der Waals surface area contributed by atoms with Gasteiger partial charge in [0.05, 0.1) is 10.8 Å². The van der Waals surface area contributed by atoms with Crippen molar-refractivity contribution in [3.8, 4) is 0 Å². The number of nitrogens with zero attached hydrogens (tertiary/aromatic N) is 1. The van der Waals surface area contributed by atoms with Gasteiger partial charge >= 0.3 is 12.1 Å². The van der Waals surface area contributed by atoms with E-state index in [4.69, 9.17) is 16.7 Å². The Labute approximate surface area is 205 Å². The molecule has 0 aliphatic carbocycles. The second-order valence-electron chi connectivity index (χ2n) is 8.28. The Kier molecular flexibility index (Phi) is 8.45. The van der Waals surface area contributed by atoms with Gasteiger partial charge in [-0.2, -0.15) is 17.5 Å². The molecule has 1 aliphatic heterocycles. The van der Waals surface area contributed by atoms with Crippen molar-refractivity contribution >= 4 is 33.5 Å². The molecule has 2 aromatic rings. The summed E-state index contributed by atoms with van der Waals surface area (Å²) in [6.07, 6.45) is -5.47. The van der Waals surface area contributed by atoms with Gasteiger partial charge in [0.25, 0.3) is 0 Å². The number of aliphatic carboxylic acids is 1. The molecule has 1 saturated heterocycles. The third kappa shape index (κ3) is 6.96.